The summed E-state index contributed by atoms with van der Waals surface area (Å²) in [4.78, 5) is 12.3. The normalized spacial score (nSPS) is 12.5. The summed E-state index contributed by atoms with van der Waals surface area (Å²) in [6, 6.07) is 13.4. The minimum Gasteiger partial charge on any atom is -0.590 e. The van der Waals surface area contributed by atoms with Crippen molar-refractivity contribution in [3.05, 3.63) is 93.1 Å². The van der Waals surface area contributed by atoms with Crippen molar-refractivity contribution >= 4 is 64.3 Å². The van der Waals surface area contributed by atoms with Crippen molar-refractivity contribution in [1.82, 2.24) is 8.85 Å². The number of hydrogen-bond donors (Lipinski definition) is 2. The molecule has 0 aliphatic rings. The number of nitrogens with one attached hydrogen (secondary N) is 2. The van der Waals surface area contributed by atoms with E-state index >= 15 is 0 Å². The number of rotatable bonds is 23. The maximum Gasteiger partial charge on any atom is 0.285 e. The maximum absolute atomic E-state index is 12.4. The molecule has 0 aromatic heterocycles. The Morgan fingerprint density at radius 1 is 0.379 bits per heavy atom. The predicted molar refractivity (Wildman–Crippen MR) is 256 cm³/mol. The molecule has 0 aliphatic heterocycles. The largest absolute Gasteiger partial charge is 0.590 e. The molecule has 0 bridgehead atoms. The van der Waals surface area contributed by atoms with Gasteiger partial charge in [-0.05, 0) is 6.08 Å². The second-order valence-corrected chi connectivity index (χ2v) is 15.9. The Kier molecular flexibility index (Phi) is 22.9. The molecule has 358 valence electrons. The van der Waals surface area contributed by atoms with Gasteiger partial charge in [0.25, 0.3) is 5.91 Å². The second kappa shape index (κ2) is 28.0. The van der Waals surface area contributed by atoms with E-state index in [1.165, 1.54) is 120 Å². The van der Waals surface area contributed by atoms with Gasteiger partial charge in [0.05, 0.1) is 108 Å². The van der Waals surface area contributed by atoms with Gasteiger partial charge in [-0.1, -0.05) is 0 Å². The molecule has 18 nitrogen and oxygen atoms in total. The van der Waals surface area contributed by atoms with Crippen LogP contribution in [0.2, 0.25) is 0 Å². The fourth-order valence-electron chi connectivity index (χ4n) is 5.64. The highest BCUT2D eigenvalue weighted by molar-refractivity contribution is 8.07. The van der Waals surface area contributed by atoms with Gasteiger partial charge in [-0.3, -0.25) is 4.79 Å². The Hall–Kier alpha value is -6.20. The van der Waals surface area contributed by atoms with Crippen LogP contribution in [0.15, 0.2) is 70.8 Å². The first-order valence-corrected chi connectivity index (χ1v) is 22.7. The number of ether oxygens (including phenoxy) is 12. The third kappa shape index (κ3) is 15.5. The van der Waals surface area contributed by atoms with Crippen LogP contribution in [-0.2, 0) is 38.9 Å². The van der Waals surface area contributed by atoms with E-state index in [2.05, 4.69) is 8.85 Å². The molecule has 21 heteroatoms. The molecule has 0 fully saturated rings. The Labute approximate surface area is 394 Å². The van der Waals surface area contributed by atoms with E-state index in [4.69, 9.17) is 56.8 Å². The summed E-state index contributed by atoms with van der Waals surface area (Å²) in [5.41, 5.74) is 2.20. The Morgan fingerprint density at radius 2 is 0.606 bits per heavy atom. The van der Waals surface area contributed by atoms with Crippen molar-refractivity contribution in [1.29, 1.82) is 0 Å². The molecule has 0 saturated carbocycles. The predicted octanol–water partition coefficient (Wildman–Crippen LogP) is 6.50. The highest BCUT2D eigenvalue weighted by atomic mass is 32.3. The first kappa shape index (κ1) is 54.1. The lowest BCUT2D eigenvalue weighted by atomic mass is 10.1. The number of methoxy groups -OCH3 is 12. The summed E-state index contributed by atoms with van der Waals surface area (Å²) in [5.74, 6) is 5.33. The van der Waals surface area contributed by atoms with E-state index in [9.17, 15) is 18.5 Å². The first-order chi connectivity index (χ1) is 31.8. The van der Waals surface area contributed by atoms with Gasteiger partial charge in [0.15, 0.2) is 0 Å². The zero-order chi connectivity index (χ0) is 48.8. The topological polar surface area (TPSA) is 221 Å². The molecule has 0 heterocycles. The minimum absolute atomic E-state index is 0.454. The Balaban J connectivity index is 0.000000350. The number of carbonyl (C=O) groups is 1. The van der Waals surface area contributed by atoms with Gasteiger partial charge in [-0.25, -0.2) is 0 Å². The second-order valence-electron chi connectivity index (χ2n) is 12.5. The summed E-state index contributed by atoms with van der Waals surface area (Å²) in [5, 5.41) is 3.99. The average molecular weight is 975 g/mol. The molecule has 66 heavy (non-hydrogen) atoms. The molecule has 0 aliphatic carbocycles. The monoisotopic (exact) mass is 974 g/mol. The van der Waals surface area contributed by atoms with Crippen LogP contribution in [0.4, 0.5) is 0 Å². The lowest BCUT2D eigenvalue weighted by molar-refractivity contribution is -0.114. The quantitative estimate of drug-likeness (QED) is 0.0598. The molecule has 4 aromatic carbocycles. The van der Waals surface area contributed by atoms with Crippen molar-refractivity contribution in [2.75, 3.05) is 85.3 Å². The Morgan fingerprint density at radius 3 is 0.833 bits per heavy atom. The molecule has 4 rings (SSSR count). The molecule has 3 atom stereocenters. The van der Waals surface area contributed by atoms with Crippen molar-refractivity contribution in [2.45, 2.75) is 0 Å². The minimum atomic E-state index is -1.81. The van der Waals surface area contributed by atoms with Crippen molar-refractivity contribution in [3.8, 4) is 69.0 Å². The lowest BCUT2D eigenvalue weighted by Crippen LogP contribution is -2.27. The number of carbonyl (C=O) groups excluding carboxylic acids is 1. The van der Waals surface area contributed by atoms with Crippen LogP contribution in [-0.4, -0.2) is 105 Å². The molecule has 4 aromatic rings. The van der Waals surface area contributed by atoms with Crippen molar-refractivity contribution < 1.29 is 75.3 Å². The van der Waals surface area contributed by atoms with E-state index in [0.29, 0.717) is 91.2 Å². The molecular weight excluding hydrogens is 921 g/mol. The van der Waals surface area contributed by atoms with Crippen molar-refractivity contribution in [2.24, 2.45) is 0 Å². The number of benzene rings is 4. The fourth-order valence-corrected chi connectivity index (χ4v) is 7.85. The van der Waals surface area contributed by atoms with E-state index in [1.54, 1.807) is 60.7 Å². The lowest BCUT2D eigenvalue weighted by Gasteiger charge is -2.13. The van der Waals surface area contributed by atoms with Gasteiger partial charge >= 0.3 is 0 Å². The van der Waals surface area contributed by atoms with Crippen molar-refractivity contribution in [3.63, 3.8) is 0 Å². The SMILES string of the molecule is COc1cc(OC)c(C=CC(=O)N[S+]([O-])C=Cc2c(OC)cc(OC)cc2OC)c(OC)c1.COc1cc(OC)c(C=C[S+]([O-])N[S+]([O-])C=Cc2c(OC)cc(OC)cc2OC)c(OC)c1. The standard InChI is InChI=1S/C23H27NO8S.C22H27NO8S2/c1-27-15-11-19(29-3)17(20(12-15)30-4)7-8-23(25)24-33(26)10-9-18-21(31-5)13-16(28-2)14-22(18)32-6;1-26-15-11-19(28-3)17(20(12-15)29-4)7-9-32(24)23-33(25)10-8-18-21(30-5)13-16(27-2)14-22(18)31-6/h7-14H,1-6H3,(H,24,25);7-14,23H,1-6H3. The summed E-state index contributed by atoms with van der Waals surface area (Å²) < 4.78 is 106. The molecule has 3 unspecified atom stereocenters. The molecular formula is C45H54N2O16S3. The molecule has 2 N–H and O–H groups in total. The molecule has 0 saturated heterocycles. The highest BCUT2D eigenvalue weighted by Crippen LogP contribution is 2.38. The third-order valence-corrected chi connectivity index (χ3v) is 11.7. The van der Waals surface area contributed by atoms with Crippen LogP contribution in [0, 0.1) is 0 Å². The summed E-state index contributed by atoms with van der Waals surface area (Å²) in [6.45, 7) is 0. The van der Waals surface area contributed by atoms with Gasteiger partial charge < -0.3 is 70.5 Å². The van der Waals surface area contributed by atoms with Crippen LogP contribution in [0.5, 0.6) is 69.0 Å². The van der Waals surface area contributed by atoms with Gasteiger partial charge in [0.2, 0.25) is 0 Å². The Bertz CT molecular complexity index is 2150. The summed E-state index contributed by atoms with van der Waals surface area (Å²) in [6.07, 6.45) is 7.37. The van der Waals surface area contributed by atoms with E-state index < -0.39 is 40.0 Å². The molecule has 0 radical (unpaired) electrons. The number of amides is 1. The van der Waals surface area contributed by atoms with Crippen LogP contribution in [0.25, 0.3) is 24.3 Å². The summed E-state index contributed by atoms with van der Waals surface area (Å²) in [7, 11) is 18.1. The maximum atomic E-state index is 12.4. The fraction of sp³-hybridized carbons (Fsp3) is 0.267. The van der Waals surface area contributed by atoms with Gasteiger partial charge in [-0.2, -0.15) is 4.72 Å². The summed E-state index contributed by atoms with van der Waals surface area (Å²) >= 11 is -5.34. The van der Waals surface area contributed by atoms with E-state index in [-0.39, 0.29) is 0 Å². The smallest absolute Gasteiger partial charge is 0.285 e. The zero-order valence-electron chi connectivity index (χ0n) is 38.5. The third-order valence-electron chi connectivity index (χ3n) is 8.85. The van der Waals surface area contributed by atoms with Gasteiger partial charge in [0.1, 0.15) is 119 Å². The molecule has 0 spiro atoms. The van der Waals surface area contributed by atoms with Crippen LogP contribution < -0.4 is 65.7 Å². The van der Waals surface area contributed by atoms with E-state index in [0.717, 1.165) is 0 Å². The van der Waals surface area contributed by atoms with Crippen LogP contribution in [0.3, 0.4) is 0 Å². The van der Waals surface area contributed by atoms with E-state index in [1.807, 2.05) is 0 Å². The van der Waals surface area contributed by atoms with Gasteiger partial charge in [0, 0.05) is 77.0 Å². The highest BCUT2D eigenvalue weighted by Gasteiger charge is 2.18. The zero-order valence-corrected chi connectivity index (χ0v) is 40.9. The first-order valence-electron chi connectivity index (χ1n) is 19.0. The number of hydrogen-bond acceptors (Lipinski definition) is 17. The van der Waals surface area contributed by atoms with Crippen LogP contribution in [0.1, 0.15) is 22.3 Å². The molecule has 1 amide bonds. The van der Waals surface area contributed by atoms with Crippen LogP contribution >= 0.6 is 0 Å². The van der Waals surface area contributed by atoms with Gasteiger partial charge in [-0.15, -0.1) is 0 Å². The average Bonchev–Trinajstić information content (AvgIpc) is 3.34.